The Morgan fingerprint density at radius 2 is 0.633 bits per heavy atom. The van der Waals surface area contributed by atoms with E-state index in [0.717, 1.165) is 79.1 Å². The van der Waals surface area contributed by atoms with E-state index >= 15 is 17.6 Å². The first-order valence-electron chi connectivity index (χ1n) is 38.3. The molecule has 0 amide bonds. The highest BCUT2D eigenvalue weighted by Gasteiger charge is 2.62. The number of phosphoric acid groups is 4. The van der Waals surface area contributed by atoms with Gasteiger partial charge in [0.2, 0.25) is 0 Å². The molecule has 44 nitrogen and oxygen atoms in total. The molecule has 4 unspecified atom stereocenters. The van der Waals surface area contributed by atoms with Crippen molar-refractivity contribution in [2.45, 2.75) is 124 Å². The number of fused-ring (bicyclic) bond motifs is 4. The van der Waals surface area contributed by atoms with Crippen molar-refractivity contribution in [2.24, 2.45) is 0 Å². The molecule has 16 rings (SSSR count). The van der Waals surface area contributed by atoms with Crippen molar-refractivity contribution < 1.29 is 176 Å². The van der Waals surface area contributed by atoms with Gasteiger partial charge in [0.25, 0.3) is 45.7 Å². The summed E-state index contributed by atoms with van der Waals surface area (Å²) in [7, 11) is -18.8. The second-order valence-corrected chi connectivity index (χ2v) is 33.2. The van der Waals surface area contributed by atoms with Crippen molar-refractivity contribution in [2.75, 3.05) is 26.3 Å². The minimum Gasteiger partial charge on any atom is -0.404 e. The third kappa shape index (κ3) is 19.3. The number of terminal acetylenes is 4. The van der Waals surface area contributed by atoms with Crippen LogP contribution in [0.1, 0.15) is 77.6 Å². The van der Waals surface area contributed by atoms with Crippen LogP contribution >= 0.6 is 31.3 Å². The van der Waals surface area contributed by atoms with Gasteiger partial charge in [-0.1, -0.05) is 23.7 Å². The van der Waals surface area contributed by atoms with Gasteiger partial charge in [-0.3, -0.25) is 93.6 Å². The van der Waals surface area contributed by atoms with E-state index in [1.807, 2.05) is 28.7 Å². The Kier molecular flexibility index (Phi) is 24.4. The lowest BCUT2D eigenvalue weighted by molar-refractivity contribution is -0.205. The third-order valence-corrected chi connectivity index (χ3v) is 23.4. The van der Waals surface area contributed by atoms with Gasteiger partial charge < -0.3 is 77.9 Å². The molecule has 4 aromatic heterocycles. The zero-order valence-corrected chi connectivity index (χ0v) is 66.8. The summed E-state index contributed by atoms with van der Waals surface area (Å²) in [6, 6.07) is 12.5. The van der Waals surface area contributed by atoms with Crippen LogP contribution in [0.2, 0.25) is 0 Å². The van der Waals surface area contributed by atoms with E-state index in [1.54, 1.807) is 15.0 Å². The first-order valence-corrected chi connectivity index (χ1v) is 41.1. The van der Waals surface area contributed by atoms with Gasteiger partial charge in [0.05, 0.1) is 34.7 Å². The number of nitrogens with zero attached hydrogens (tertiary/aromatic N) is 4. The fourth-order valence-electron chi connectivity index (χ4n) is 11.9. The molecule has 56 heteroatoms. The predicted octanol–water partition coefficient (Wildman–Crippen LogP) is 1.23. The summed E-state index contributed by atoms with van der Waals surface area (Å²) in [4.78, 5) is 102. The number of benzene rings is 4. The van der Waals surface area contributed by atoms with E-state index in [4.69, 9.17) is 98.1 Å². The Bertz CT molecular complexity index is 7000. The summed E-state index contributed by atoms with van der Waals surface area (Å²) in [6.07, 6.45) is -6.53. The molecule has 128 heavy (non-hydrogen) atoms. The molecule has 0 spiro atoms. The number of hydrogen-bond acceptors (Lipinski definition) is 36. The summed E-state index contributed by atoms with van der Waals surface area (Å²) in [6.45, 7) is -12.3. The summed E-state index contributed by atoms with van der Waals surface area (Å²) in [5, 5.41) is 82.0. The number of aliphatic hydroxyl groups excluding tert-OH is 8. The van der Waals surface area contributed by atoms with Crippen molar-refractivity contribution in [3.63, 3.8) is 0 Å². The van der Waals surface area contributed by atoms with Crippen LogP contribution < -0.4 is 63.1 Å². The van der Waals surface area contributed by atoms with E-state index < -0.39 is 260 Å². The van der Waals surface area contributed by atoms with Crippen LogP contribution in [-0.2, 0) is 99.8 Å². The molecular formula is C72H60F8N8O36P4. The average Bonchev–Trinajstić information content (AvgIpc) is 1.56. The van der Waals surface area contributed by atoms with Crippen molar-refractivity contribution in [3.05, 3.63) is 249 Å². The highest BCUT2D eigenvalue weighted by molar-refractivity contribution is 7.49. The molecule has 8 aliphatic rings. The zero-order valence-electron chi connectivity index (χ0n) is 69.2. The standard InChI is InChI=1S/4C18H15F2N2O9P/c4*1-2-9-6-22(17(26)21-15(9)25)16-13(23)14(24)18(20,30-16)8-29-32(27)28-7-10-5-11(19)3-4-12(10)31-32/h4*1,3-6,13-14,16,23-24H,7-8H2,(H,21,25,26)/t4*13-,14+,16-,18-,32?/m1111/s1/i8D2,16D;16D;8D2;. The lowest BCUT2D eigenvalue weighted by atomic mass is 10.1. The van der Waals surface area contributed by atoms with Gasteiger partial charge in [-0.2, -0.15) is 0 Å². The predicted molar refractivity (Wildman–Crippen MR) is 402 cm³/mol. The maximum atomic E-state index is 15.8. The minimum atomic E-state index is -4.98. The number of ether oxygens (including phenoxy) is 4. The normalized spacial score (nSPS) is 33.6. The number of aliphatic hydroxyl groups is 8. The second kappa shape index (κ2) is 36.3. The Balaban J connectivity index is 0.000000152. The number of phosphoric ester groups is 4. The van der Waals surface area contributed by atoms with Crippen LogP contribution in [0.4, 0.5) is 35.1 Å². The third-order valence-electron chi connectivity index (χ3n) is 18.5. The van der Waals surface area contributed by atoms with E-state index in [1.165, 1.54) is 6.07 Å². The first kappa shape index (κ1) is 86.0. The van der Waals surface area contributed by atoms with Crippen molar-refractivity contribution >= 4 is 31.3 Å². The van der Waals surface area contributed by atoms with E-state index in [9.17, 15) is 115 Å². The number of nitrogens with one attached hydrogen (secondary N) is 4. The number of rotatable bonds is 16. The molecule has 12 N–H and O–H groups in total. The Labute approximate surface area is 713 Å². The van der Waals surface area contributed by atoms with Gasteiger partial charge in [0.15, 0.2) is 24.9 Å². The maximum Gasteiger partial charge on any atom is 0.530 e. The van der Waals surface area contributed by atoms with Crippen LogP contribution in [0.3, 0.4) is 0 Å². The smallest absolute Gasteiger partial charge is 0.404 e. The summed E-state index contributed by atoms with van der Waals surface area (Å²) in [5.74, 6) is -9.88. The van der Waals surface area contributed by atoms with Gasteiger partial charge >= 0.3 is 54.0 Å². The highest BCUT2D eigenvalue weighted by atomic mass is 31.2. The number of alkyl halides is 4. The zero-order chi connectivity index (χ0) is 98.5. The van der Waals surface area contributed by atoms with Gasteiger partial charge in [-0.05, 0) is 72.8 Å². The summed E-state index contributed by atoms with van der Waals surface area (Å²) < 4.78 is 294. The highest BCUT2D eigenvalue weighted by Crippen LogP contribution is 2.60. The van der Waals surface area contributed by atoms with Gasteiger partial charge in [-0.15, -0.1) is 25.7 Å². The molecule has 0 aliphatic carbocycles. The SMILES string of the molecule is C#Cc1cn([C@@H]2O[C@](F)(COP3(=O)OCc4cc(F)ccc4O3)[C@@H](O)[C@H]2O)c(=O)[nH]c1=O.[2H]C([2H])(OP1(=O)OCc2cc(F)ccc2O1)[C@@]1(F)O[C@@H](n2cc(C#C)c(=O)[nH]c2=O)[C@H](O)[C@@H]1O.[2H]C([2H])(OP1(=O)OCc2cc(F)ccc2O1)[C@@]1(F)O[C@@]([2H])(n2cc(C#C)c(=O)[nH]c2=O)[C@H](O)[C@@H]1O.[2H][C@@]1(n2cc(C#C)c(=O)[nH]c2=O)O[C@](F)(COP2(=O)OCc3cc(F)ccc3O2)[C@@H](O)[C@H]1O. The van der Waals surface area contributed by atoms with Crippen molar-refractivity contribution in [1.29, 1.82) is 0 Å². The van der Waals surface area contributed by atoms with E-state index in [0.29, 0.717) is 21.5 Å². The lowest BCUT2D eigenvalue weighted by Crippen LogP contribution is -2.43. The number of H-pyrrole nitrogens is 4. The van der Waals surface area contributed by atoms with Crippen LogP contribution in [0, 0.1) is 72.6 Å². The van der Waals surface area contributed by atoms with E-state index in [2.05, 4.69) is 9.05 Å². The summed E-state index contributed by atoms with van der Waals surface area (Å²) >= 11 is 0. The largest absolute Gasteiger partial charge is 0.530 e. The van der Waals surface area contributed by atoms with Gasteiger partial charge in [0, 0.05) is 47.0 Å². The molecular weight excluding hydrogens is 1830 g/mol. The molecule has 20 atom stereocenters. The van der Waals surface area contributed by atoms with Crippen molar-refractivity contribution in [1.82, 2.24) is 38.2 Å². The molecule has 8 aromatic rings. The Hall–Kier alpha value is -11.4. The fourth-order valence-corrected chi connectivity index (χ4v) is 16.6. The molecule has 0 bridgehead atoms. The Morgan fingerprint density at radius 3 is 0.945 bits per heavy atom. The molecule has 4 fully saturated rings. The number of aromatic nitrogens is 8. The Morgan fingerprint density at radius 1 is 0.391 bits per heavy atom. The summed E-state index contributed by atoms with van der Waals surface area (Å²) in [5.41, 5.74) is -9.98. The van der Waals surface area contributed by atoms with Gasteiger partial charge in [-0.25, -0.2) is 72.6 Å². The maximum absolute atomic E-state index is 15.8. The van der Waals surface area contributed by atoms with Crippen LogP contribution in [-0.4, -0.2) is 178 Å². The van der Waals surface area contributed by atoms with Gasteiger partial charge in [0.1, 0.15) is 144 Å². The van der Waals surface area contributed by atoms with Crippen LogP contribution in [0.5, 0.6) is 23.0 Å². The monoisotopic (exact) mass is 1890 g/mol. The van der Waals surface area contributed by atoms with Crippen LogP contribution in [0.15, 0.2) is 136 Å². The molecule has 8 aliphatic heterocycles. The fraction of sp³-hybridized carbons (Fsp3) is 0.333. The first-order chi connectivity index (χ1) is 62.4. The molecule has 12 heterocycles. The number of hydrogen-bond donors (Lipinski definition) is 12. The molecule has 4 saturated heterocycles. The molecule has 0 radical (unpaired) electrons. The average molecular weight is 1900 g/mol. The topological polar surface area (TPSA) is 597 Å². The number of halogens is 8. The lowest BCUT2D eigenvalue weighted by Gasteiger charge is -2.28. The molecule has 0 saturated carbocycles. The second-order valence-electron chi connectivity index (χ2n) is 26.9. The van der Waals surface area contributed by atoms with Crippen LogP contribution in [0.25, 0.3) is 0 Å². The minimum absolute atomic E-state index is 0.0127. The number of aromatic amines is 4. The molecule has 4 aromatic carbocycles. The molecule has 680 valence electrons. The quantitative estimate of drug-likeness (QED) is 0.0368. The van der Waals surface area contributed by atoms with E-state index in [-0.39, 0.29) is 66.6 Å². The van der Waals surface area contributed by atoms with Crippen molar-refractivity contribution in [3.8, 4) is 72.4 Å².